The van der Waals surface area contributed by atoms with Gasteiger partial charge in [0.05, 0.1) is 22.4 Å². The smallest absolute Gasteiger partial charge is 0.234 e. The summed E-state index contributed by atoms with van der Waals surface area (Å²) >= 11 is 13.2. The van der Waals surface area contributed by atoms with Gasteiger partial charge in [-0.15, -0.1) is 16.8 Å². The molecule has 3 rings (SSSR count). The molecule has 3 aromatic rings. The fraction of sp³-hybridized carbons (Fsp3) is 0.261. The summed E-state index contributed by atoms with van der Waals surface area (Å²) in [5, 5.41) is 12.9. The number of amides is 1. The van der Waals surface area contributed by atoms with Crippen LogP contribution in [0.1, 0.15) is 19.8 Å². The molecule has 1 N–H and O–H groups in total. The number of halogens is 2. The van der Waals surface area contributed by atoms with Crippen molar-refractivity contribution in [3.05, 3.63) is 65.2 Å². The molecule has 0 unspecified atom stereocenters. The van der Waals surface area contributed by atoms with Crippen molar-refractivity contribution in [3.8, 4) is 17.1 Å². The molecule has 2 aromatic carbocycles. The molecule has 0 aliphatic heterocycles. The van der Waals surface area contributed by atoms with E-state index in [2.05, 4.69) is 29.0 Å². The number of nitrogens with zero attached hydrogens (tertiary/aromatic N) is 3. The highest BCUT2D eigenvalue weighted by atomic mass is 35.5. The number of allylic oxidation sites excluding steroid dienone is 1. The topological polar surface area (TPSA) is 69.0 Å². The Labute approximate surface area is 202 Å². The fourth-order valence-electron chi connectivity index (χ4n) is 2.84. The van der Waals surface area contributed by atoms with Crippen LogP contribution in [0.2, 0.25) is 10.0 Å². The number of unbranched alkanes of at least 4 members (excludes halogenated alkanes) is 1. The van der Waals surface area contributed by atoms with Crippen LogP contribution in [-0.2, 0) is 11.3 Å². The van der Waals surface area contributed by atoms with E-state index in [0.717, 1.165) is 24.2 Å². The lowest BCUT2D eigenvalue weighted by Crippen LogP contribution is -2.14. The van der Waals surface area contributed by atoms with Gasteiger partial charge in [0.1, 0.15) is 5.75 Å². The molecule has 0 bridgehead atoms. The molecule has 9 heteroatoms. The van der Waals surface area contributed by atoms with Crippen LogP contribution in [-0.4, -0.2) is 33.0 Å². The van der Waals surface area contributed by atoms with Crippen LogP contribution in [0, 0.1) is 0 Å². The third-order valence-corrected chi connectivity index (χ3v) is 6.15. The largest absolute Gasteiger partial charge is 0.494 e. The molecule has 1 aromatic heterocycles. The lowest BCUT2D eigenvalue weighted by atomic mass is 10.2. The Morgan fingerprint density at radius 3 is 2.66 bits per heavy atom. The molecule has 0 spiro atoms. The molecule has 1 amide bonds. The first-order valence-corrected chi connectivity index (χ1v) is 11.9. The van der Waals surface area contributed by atoms with Crippen molar-refractivity contribution in [3.63, 3.8) is 0 Å². The van der Waals surface area contributed by atoms with Crippen LogP contribution >= 0.6 is 35.0 Å². The Morgan fingerprint density at radius 2 is 1.97 bits per heavy atom. The SMILES string of the molecule is C=CCn1c(SCC(=O)Nc2ccc(Cl)c(Cl)c2)nnc1-c1ccc(OCCCC)cc1. The third-order valence-electron chi connectivity index (χ3n) is 4.44. The van der Waals surface area contributed by atoms with Crippen LogP contribution in [0.3, 0.4) is 0 Å². The lowest BCUT2D eigenvalue weighted by molar-refractivity contribution is -0.113. The van der Waals surface area contributed by atoms with Crippen LogP contribution < -0.4 is 10.1 Å². The molecular weight excluding hydrogens is 467 g/mol. The van der Waals surface area contributed by atoms with Gasteiger partial charge in [0.2, 0.25) is 5.91 Å². The molecular formula is C23H24Cl2N4O2S. The lowest BCUT2D eigenvalue weighted by Gasteiger charge is -2.09. The maximum atomic E-state index is 12.4. The average Bonchev–Trinajstić information content (AvgIpc) is 3.18. The molecule has 0 saturated heterocycles. The van der Waals surface area contributed by atoms with Gasteiger partial charge < -0.3 is 10.1 Å². The zero-order valence-corrected chi connectivity index (χ0v) is 20.0. The van der Waals surface area contributed by atoms with Gasteiger partial charge in [-0.2, -0.15) is 0 Å². The molecule has 0 atom stereocenters. The Bertz CT molecular complexity index is 1070. The van der Waals surface area contributed by atoms with E-state index in [0.29, 0.717) is 39.9 Å². The zero-order valence-electron chi connectivity index (χ0n) is 17.7. The second-order valence-corrected chi connectivity index (χ2v) is 8.65. The highest BCUT2D eigenvalue weighted by Crippen LogP contribution is 2.27. The molecule has 0 aliphatic rings. The predicted octanol–water partition coefficient (Wildman–Crippen LogP) is 6.35. The van der Waals surface area contributed by atoms with Crippen molar-refractivity contribution in [1.29, 1.82) is 0 Å². The van der Waals surface area contributed by atoms with Gasteiger partial charge in [-0.3, -0.25) is 9.36 Å². The minimum absolute atomic E-state index is 0.166. The quantitative estimate of drug-likeness (QED) is 0.192. The standard InChI is InChI=1S/C23H24Cl2N4O2S/c1-3-5-13-31-18-9-6-16(7-10-18)22-27-28-23(29(22)12-4-2)32-15-21(30)26-17-8-11-19(24)20(25)14-17/h4,6-11,14H,2-3,5,12-13,15H2,1H3,(H,26,30). The van der Waals surface area contributed by atoms with Crippen molar-refractivity contribution in [2.45, 2.75) is 31.5 Å². The van der Waals surface area contributed by atoms with Crippen LogP contribution in [0.4, 0.5) is 5.69 Å². The van der Waals surface area contributed by atoms with Crippen molar-refractivity contribution < 1.29 is 9.53 Å². The maximum Gasteiger partial charge on any atom is 0.234 e. The zero-order chi connectivity index (χ0) is 22.9. The van der Waals surface area contributed by atoms with E-state index in [-0.39, 0.29) is 11.7 Å². The Kier molecular flexibility index (Phi) is 9.02. The first kappa shape index (κ1) is 24.2. The van der Waals surface area contributed by atoms with Crippen molar-refractivity contribution in [2.75, 3.05) is 17.7 Å². The molecule has 1 heterocycles. The highest BCUT2D eigenvalue weighted by Gasteiger charge is 2.15. The van der Waals surface area contributed by atoms with Gasteiger partial charge in [0.15, 0.2) is 11.0 Å². The summed E-state index contributed by atoms with van der Waals surface area (Å²) < 4.78 is 7.65. The van der Waals surface area contributed by atoms with Gasteiger partial charge >= 0.3 is 0 Å². The van der Waals surface area contributed by atoms with Crippen LogP contribution in [0.5, 0.6) is 5.75 Å². The molecule has 6 nitrogen and oxygen atoms in total. The number of ether oxygens (including phenoxy) is 1. The molecule has 0 radical (unpaired) electrons. The summed E-state index contributed by atoms with van der Waals surface area (Å²) in [4.78, 5) is 12.4. The average molecular weight is 491 g/mol. The minimum Gasteiger partial charge on any atom is -0.494 e. The molecule has 0 aliphatic carbocycles. The summed E-state index contributed by atoms with van der Waals surface area (Å²) in [6.45, 7) is 7.18. The fourth-order valence-corrected chi connectivity index (χ4v) is 3.88. The molecule has 168 valence electrons. The number of rotatable bonds is 11. The second kappa shape index (κ2) is 11.9. The maximum absolute atomic E-state index is 12.4. The molecule has 0 saturated carbocycles. The number of carbonyl (C=O) groups excluding carboxylic acids is 1. The monoisotopic (exact) mass is 490 g/mol. The van der Waals surface area contributed by atoms with Crippen molar-refractivity contribution in [1.82, 2.24) is 14.8 Å². The number of anilines is 1. The normalized spacial score (nSPS) is 10.7. The van der Waals surface area contributed by atoms with Gasteiger partial charge in [-0.25, -0.2) is 0 Å². The number of nitrogens with one attached hydrogen (secondary N) is 1. The number of carbonyl (C=O) groups is 1. The summed E-state index contributed by atoms with van der Waals surface area (Å²) in [6, 6.07) is 12.7. The summed E-state index contributed by atoms with van der Waals surface area (Å²) in [6.07, 6.45) is 3.89. The van der Waals surface area contributed by atoms with Gasteiger partial charge in [0.25, 0.3) is 0 Å². The van der Waals surface area contributed by atoms with E-state index in [1.165, 1.54) is 11.8 Å². The van der Waals surface area contributed by atoms with Crippen molar-refractivity contribution >= 4 is 46.6 Å². The summed E-state index contributed by atoms with van der Waals surface area (Å²) in [5.41, 5.74) is 1.49. The van der Waals surface area contributed by atoms with E-state index < -0.39 is 0 Å². The Hall–Kier alpha value is -2.48. The Balaban J connectivity index is 1.66. The first-order chi connectivity index (χ1) is 15.5. The first-order valence-electron chi connectivity index (χ1n) is 10.2. The van der Waals surface area contributed by atoms with E-state index in [1.807, 2.05) is 28.8 Å². The van der Waals surface area contributed by atoms with Crippen LogP contribution in [0.25, 0.3) is 11.4 Å². The van der Waals surface area contributed by atoms with Gasteiger partial charge in [-0.05, 0) is 48.9 Å². The Morgan fingerprint density at radius 1 is 1.19 bits per heavy atom. The number of hydrogen-bond acceptors (Lipinski definition) is 5. The summed E-state index contributed by atoms with van der Waals surface area (Å²) in [5.74, 6) is 1.51. The van der Waals surface area contributed by atoms with E-state index in [9.17, 15) is 4.79 Å². The second-order valence-electron chi connectivity index (χ2n) is 6.90. The van der Waals surface area contributed by atoms with E-state index in [1.54, 1.807) is 24.3 Å². The number of thioether (sulfide) groups is 1. The minimum atomic E-state index is -0.184. The van der Waals surface area contributed by atoms with Crippen LogP contribution in [0.15, 0.2) is 60.3 Å². The van der Waals surface area contributed by atoms with Crippen molar-refractivity contribution in [2.24, 2.45) is 0 Å². The number of benzene rings is 2. The number of hydrogen-bond donors (Lipinski definition) is 1. The van der Waals surface area contributed by atoms with E-state index in [4.69, 9.17) is 27.9 Å². The van der Waals surface area contributed by atoms with Gasteiger partial charge in [0, 0.05) is 17.8 Å². The molecule has 32 heavy (non-hydrogen) atoms. The highest BCUT2D eigenvalue weighted by molar-refractivity contribution is 7.99. The number of aromatic nitrogens is 3. The van der Waals surface area contributed by atoms with E-state index >= 15 is 0 Å². The molecule has 0 fully saturated rings. The predicted molar refractivity (Wildman–Crippen MR) is 132 cm³/mol. The summed E-state index contributed by atoms with van der Waals surface area (Å²) in [7, 11) is 0. The third kappa shape index (κ3) is 6.51. The van der Waals surface area contributed by atoms with Gasteiger partial charge in [-0.1, -0.05) is 54.4 Å².